The van der Waals surface area contributed by atoms with Crippen molar-refractivity contribution in [2.45, 2.75) is 38.6 Å². The maximum absolute atomic E-state index is 13.1. The highest BCUT2D eigenvalue weighted by molar-refractivity contribution is 5.84. The summed E-state index contributed by atoms with van der Waals surface area (Å²) in [6.45, 7) is 8.78. The van der Waals surface area contributed by atoms with Crippen molar-refractivity contribution in [2.75, 3.05) is 26.2 Å². The van der Waals surface area contributed by atoms with E-state index in [0.29, 0.717) is 5.91 Å². The summed E-state index contributed by atoms with van der Waals surface area (Å²) >= 11 is 0. The Balaban J connectivity index is 1.42. The molecule has 1 saturated carbocycles. The smallest absolute Gasteiger partial charge is 0.230 e. The first kappa shape index (κ1) is 15.9. The molecule has 1 aromatic rings. The third kappa shape index (κ3) is 3.14. The Morgan fingerprint density at radius 3 is 2.92 bits per heavy atom. The van der Waals surface area contributed by atoms with E-state index < -0.39 is 0 Å². The first-order chi connectivity index (χ1) is 11.7. The summed E-state index contributed by atoms with van der Waals surface area (Å²) in [5.74, 6) is 1.24. The van der Waals surface area contributed by atoms with Gasteiger partial charge < -0.3 is 4.90 Å². The highest BCUT2D eigenvalue weighted by atomic mass is 16.2. The van der Waals surface area contributed by atoms with Gasteiger partial charge >= 0.3 is 0 Å². The maximum atomic E-state index is 13.1. The fourth-order valence-corrected chi connectivity index (χ4v) is 4.49. The normalized spacial score (nSPS) is 27.8. The number of amides is 1. The zero-order valence-corrected chi connectivity index (χ0v) is 14.5. The molecule has 0 aromatic heterocycles. The molecule has 4 rings (SSSR count). The number of piperidine rings is 1. The van der Waals surface area contributed by atoms with Gasteiger partial charge in [0.1, 0.15) is 0 Å². The van der Waals surface area contributed by atoms with Gasteiger partial charge in [0.25, 0.3) is 0 Å². The molecule has 3 fully saturated rings. The highest BCUT2D eigenvalue weighted by Gasteiger charge is 2.48. The summed E-state index contributed by atoms with van der Waals surface area (Å²) < 4.78 is 0. The number of hydrogen-bond acceptors (Lipinski definition) is 2. The van der Waals surface area contributed by atoms with Crippen molar-refractivity contribution in [2.24, 2.45) is 11.3 Å². The van der Waals surface area contributed by atoms with Gasteiger partial charge in [-0.2, -0.15) is 0 Å². The Morgan fingerprint density at radius 2 is 2.12 bits per heavy atom. The van der Waals surface area contributed by atoms with Gasteiger partial charge in [-0.25, -0.2) is 0 Å². The lowest BCUT2D eigenvalue weighted by Crippen LogP contribution is -2.50. The minimum absolute atomic E-state index is 0.0941. The van der Waals surface area contributed by atoms with Crippen molar-refractivity contribution < 1.29 is 4.79 Å². The molecule has 0 N–H and O–H groups in total. The molecule has 1 amide bonds. The first-order valence-corrected chi connectivity index (χ1v) is 9.42. The van der Waals surface area contributed by atoms with E-state index in [1.165, 1.54) is 30.4 Å². The molecular weight excluding hydrogens is 296 g/mol. The van der Waals surface area contributed by atoms with Crippen molar-refractivity contribution in [3.63, 3.8) is 0 Å². The summed E-state index contributed by atoms with van der Waals surface area (Å²) in [5.41, 5.74) is 2.40. The van der Waals surface area contributed by atoms with Crippen LogP contribution < -0.4 is 0 Å². The molecule has 1 aromatic carbocycles. The Kier molecular flexibility index (Phi) is 4.21. The van der Waals surface area contributed by atoms with Gasteiger partial charge in [0, 0.05) is 26.2 Å². The lowest BCUT2D eigenvalue weighted by atomic mass is 9.78. The van der Waals surface area contributed by atoms with E-state index in [-0.39, 0.29) is 5.41 Å². The van der Waals surface area contributed by atoms with Crippen LogP contribution >= 0.6 is 0 Å². The summed E-state index contributed by atoms with van der Waals surface area (Å²) in [7, 11) is 0. The van der Waals surface area contributed by atoms with E-state index in [0.717, 1.165) is 51.5 Å². The van der Waals surface area contributed by atoms with Gasteiger partial charge in [-0.1, -0.05) is 36.9 Å². The fourth-order valence-electron chi connectivity index (χ4n) is 4.49. The van der Waals surface area contributed by atoms with Crippen LogP contribution in [0.5, 0.6) is 0 Å². The molecule has 3 heteroatoms. The minimum Gasteiger partial charge on any atom is -0.342 e. The number of carbonyl (C=O) groups excluding carboxylic acids is 1. The van der Waals surface area contributed by atoms with Gasteiger partial charge in [-0.15, -0.1) is 0 Å². The van der Waals surface area contributed by atoms with E-state index in [2.05, 4.69) is 40.6 Å². The summed E-state index contributed by atoms with van der Waals surface area (Å²) in [6, 6.07) is 8.57. The Morgan fingerprint density at radius 1 is 1.25 bits per heavy atom. The number of benzene rings is 1. The van der Waals surface area contributed by atoms with Crippen LogP contribution in [-0.4, -0.2) is 41.9 Å². The second-order valence-corrected chi connectivity index (χ2v) is 7.99. The standard InChI is InChI=1S/C21H28N2O/c1-2-17-5-3-6-19(13-17)14-22-12-10-21(16-22)9-4-11-23(20(21)24)15-18-7-8-18/h2-3,5-6,13,18H,1,4,7-12,14-16H2. The average Bonchev–Trinajstić information content (AvgIpc) is 3.33. The molecule has 1 unspecified atom stereocenters. The molecule has 2 saturated heterocycles. The van der Waals surface area contributed by atoms with Crippen LogP contribution in [0.2, 0.25) is 0 Å². The Bertz CT molecular complexity index is 636. The van der Waals surface area contributed by atoms with Gasteiger partial charge in [0.05, 0.1) is 5.41 Å². The molecule has 128 valence electrons. The molecule has 1 atom stereocenters. The van der Waals surface area contributed by atoms with E-state index in [1.54, 1.807) is 0 Å². The van der Waals surface area contributed by atoms with Gasteiger partial charge in [-0.05, 0) is 55.7 Å². The van der Waals surface area contributed by atoms with Crippen LogP contribution in [0, 0.1) is 11.3 Å². The number of carbonyl (C=O) groups is 1. The van der Waals surface area contributed by atoms with E-state index in [9.17, 15) is 4.79 Å². The predicted octanol–water partition coefficient (Wildman–Crippen LogP) is 3.55. The quantitative estimate of drug-likeness (QED) is 0.827. The van der Waals surface area contributed by atoms with Crippen molar-refractivity contribution >= 4 is 12.0 Å². The SMILES string of the molecule is C=Cc1cccc(CN2CCC3(CCCN(CC4CC4)C3=O)C2)c1. The van der Waals surface area contributed by atoms with Gasteiger partial charge in [0.2, 0.25) is 5.91 Å². The predicted molar refractivity (Wildman–Crippen MR) is 97.4 cm³/mol. The number of rotatable bonds is 5. The summed E-state index contributed by atoms with van der Waals surface area (Å²) in [4.78, 5) is 17.8. The average molecular weight is 324 g/mol. The lowest BCUT2D eigenvalue weighted by Gasteiger charge is -2.39. The van der Waals surface area contributed by atoms with Gasteiger partial charge in [-0.3, -0.25) is 9.69 Å². The third-order valence-electron chi connectivity index (χ3n) is 6.03. The Labute approximate surface area is 145 Å². The second-order valence-electron chi connectivity index (χ2n) is 7.99. The molecule has 2 aliphatic heterocycles. The van der Waals surface area contributed by atoms with Gasteiger partial charge in [0.15, 0.2) is 0 Å². The van der Waals surface area contributed by atoms with Crippen LogP contribution in [0.15, 0.2) is 30.8 Å². The molecule has 24 heavy (non-hydrogen) atoms. The van der Waals surface area contributed by atoms with E-state index in [1.807, 2.05) is 6.08 Å². The number of hydrogen-bond donors (Lipinski definition) is 0. The van der Waals surface area contributed by atoms with E-state index in [4.69, 9.17) is 0 Å². The minimum atomic E-state index is -0.0941. The maximum Gasteiger partial charge on any atom is 0.230 e. The molecule has 0 bridgehead atoms. The third-order valence-corrected chi connectivity index (χ3v) is 6.03. The second kappa shape index (κ2) is 6.36. The highest BCUT2D eigenvalue weighted by Crippen LogP contribution is 2.42. The van der Waals surface area contributed by atoms with Crippen LogP contribution in [0.4, 0.5) is 0 Å². The topological polar surface area (TPSA) is 23.6 Å². The molecule has 1 spiro atoms. The number of likely N-dealkylation sites (tertiary alicyclic amines) is 2. The van der Waals surface area contributed by atoms with Crippen LogP contribution in [0.3, 0.4) is 0 Å². The monoisotopic (exact) mass is 324 g/mol. The van der Waals surface area contributed by atoms with Crippen molar-refractivity contribution in [3.8, 4) is 0 Å². The van der Waals surface area contributed by atoms with Crippen LogP contribution in [-0.2, 0) is 11.3 Å². The van der Waals surface area contributed by atoms with Crippen LogP contribution in [0.1, 0.15) is 43.2 Å². The zero-order valence-electron chi connectivity index (χ0n) is 14.5. The van der Waals surface area contributed by atoms with Crippen molar-refractivity contribution in [3.05, 3.63) is 42.0 Å². The molecule has 0 radical (unpaired) electrons. The number of nitrogens with zero attached hydrogens (tertiary/aromatic N) is 2. The zero-order chi connectivity index (χ0) is 16.6. The molecular formula is C21H28N2O. The molecule has 3 nitrogen and oxygen atoms in total. The lowest BCUT2D eigenvalue weighted by molar-refractivity contribution is -0.145. The fraction of sp³-hybridized carbons (Fsp3) is 0.571. The molecule has 2 heterocycles. The van der Waals surface area contributed by atoms with Crippen molar-refractivity contribution in [1.29, 1.82) is 0 Å². The first-order valence-electron chi connectivity index (χ1n) is 9.42. The molecule has 1 aliphatic carbocycles. The molecule has 3 aliphatic rings. The summed E-state index contributed by atoms with van der Waals surface area (Å²) in [6.07, 6.45) is 7.84. The van der Waals surface area contributed by atoms with Crippen molar-refractivity contribution in [1.82, 2.24) is 9.80 Å². The van der Waals surface area contributed by atoms with E-state index >= 15 is 0 Å². The largest absolute Gasteiger partial charge is 0.342 e. The van der Waals surface area contributed by atoms with Crippen LogP contribution in [0.25, 0.3) is 6.08 Å². The Hall–Kier alpha value is -1.61. The summed E-state index contributed by atoms with van der Waals surface area (Å²) in [5, 5.41) is 0.